The van der Waals surface area contributed by atoms with Crippen LogP contribution in [0.1, 0.15) is 27.0 Å². The normalized spacial score (nSPS) is 11.0. The number of carbonyl (C=O) groups excluding carboxylic acids is 1. The highest BCUT2D eigenvalue weighted by atomic mass is 32.2. The number of imidazole rings is 1. The van der Waals surface area contributed by atoms with Gasteiger partial charge in [0.2, 0.25) is 0 Å². The molecule has 1 aromatic heterocycles. The van der Waals surface area contributed by atoms with Crippen LogP contribution in [0.15, 0.2) is 41.6 Å². The number of H-pyrrole nitrogens is 1. The third kappa shape index (κ3) is 2.92. The molecule has 0 saturated heterocycles. The molecule has 0 aliphatic rings. The molecule has 0 bridgehead atoms. The van der Waals surface area contributed by atoms with Crippen LogP contribution in [-0.2, 0) is 0 Å². The molecule has 0 radical (unpaired) electrons. The van der Waals surface area contributed by atoms with Crippen LogP contribution in [-0.4, -0.2) is 21.5 Å². The van der Waals surface area contributed by atoms with E-state index < -0.39 is 0 Å². The van der Waals surface area contributed by atoms with Crippen LogP contribution in [0.25, 0.3) is 11.0 Å². The molecule has 0 spiro atoms. The number of ketones is 1. The van der Waals surface area contributed by atoms with Crippen molar-refractivity contribution in [2.24, 2.45) is 0 Å². The summed E-state index contributed by atoms with van der Waals surface area (Å²) in [5.41, 5.74) is 6.16. The number of aromatic nitrogens is 2. The van der Waals surface area contributed by atoms with Crippen molar-refractivity contribution in [3.05, 3.63) is 58.7 Å². The number of fused-ring (bicyclic) bond motifs is 1. The van der Waals surface area contributed by atoms with Crippen molar-refractivity contribution >= 4 is 28.6 Å². The first kappa shape index (κ1) is 14.9. The summed E-state index contributed by atoms with van der Waals surface area (Å²) >= 11 is 1.45. The number of Topliss-reactive ketones (excluding diaryl/α,β-unsaturated/α-hetero) is 1. The Labute approximate surface area is 134 Å². The molecule has 2 aromatic carbocycles. The Kier molecular flexibility index (Phi) is 4.03. The number of carbonyl (C=O) groups is 1. The number of nitrogens with zero attached hydrogens (tertiary/aromatic N) is 1. The number of rotatable bonds is 4. The number of benzene rings is 2. The zero-order valence-corrected chi connectivity index (χ0v) is 13.8. The molecule has 3 nitrogen and oxygen atoms in total. The van der Waals surface area contributed by atoms with E-state index in [9.17, 15) is 4.79 Å². The molecule has 0 aliphatic heterocycles. The van der Waals surface area contributed by atoms with E-state index in [4.69, 9.17) is 0 Å². The summed E-state index contributed by atoms with van der Waals surface area (Å²) in [5.74, 6) is 0.537. The summed E-state index contributed by atoms with van der Waals surface area (Å²) in [6.07, 6.45) is 0. The number of nitrogens with one attached hydrogen (secondary N) is 1. The number of hydrogen-bond acceptors (Lipinski definition) is 3. The SMILES string of the molecule is Cc1cc(C)c(C(=O)CSc2nc3ccccc3[nH]2)cc1C. The molecule has 22 heavy (non-hydrogen) atoms. The second-order valence-electron chi connectivity index (χ2n) is 5.52. The minimum atomic E-state index is 0.144. The minimum absolute atomic E-state index is 0.144. The lowest BCUT2D eigenvalue weighted by atomic mass is 9.99. The summed E-state index contributed by atoms with van der Waals surface area (Å²) in [6.45, 7) is 6.10. The van der Waals surface area contributed by atoms with E-state index in [1.54, 1.807) is 0 Å². The highest BCUT2D eigenvalue weighted by molar-refractivity contribution is 7.99. The number of para-hydroxylation sites is 2. The molecule has 3 rings (SSSR count). The molecule has 1 heterocycles. The fraction of sp³-hybridized carbons (Fsp3) is 0.222. The van der Waals surface area contributed by atoms with Gasteiger partial charge < -0.3 is 4.98 Å². The van der Waals surface area contributed by atoms with Crippen molar-refractivity contribution in [3.63, 3.8) is 0 Å². The zero-order valence-electron chi connectivity index (χ0n) is 12.9. The average Bonchev–Trinajstić information content (AvgIpc) is 2.91. The van der Waals surface area contributed by atoms with E-state index in [0.717, 1.165) is 32.9 Å². The number of hydrogen-bond donors (Lipinski definition) is 1. The van der Waals surface area contributed by atoms with Crippen molar-refractivity contribution in [3.8, 4) is 0 Å². The van der Waals surface area contributed by atoms with Gasteiger partial charge in [-0.05, 0) is 55.7 Å². The van der Waals surface area contributed by atoms with Crippen LogP contribution in [0.3, 0.4) is 0 Å². The van der Waals surface area contributed by atoms with E-state index in [1.807, 2.05) is 44.2 Å². The van der Waals surface area contributed by atoms with Gasteiger partial charge in [-0.1, -0.05) is 30.0 Å². The number of thioether (sulfide) groups is 1. The van der Waals surface area contributed by atoms with Crippen LogP contribution in [0, 0.1) is 20.8 Å². The Morgan fingerprint density at radius 2 is 1.82 bits per heavy atom. The summed E-state index contributed by atoms with van der Waals surface area (Å²) in [4.78, 5) is 20.2. The molecule has 4 heteroatoms. The van der Waals surface area contributed by atoms with Crippen LogP contribution in [0.2, 0.25) is 0 Å². The van der Waals surface area contributed by atoms with Gasteiger partial charge in [0.1, 0.15) is 0 Å². The maximum Gasteiger partial charge on any atom is 0.173 e. The molecule has 112 valence electrons. The zero-order chi connectivity index (χ0) is 15.7. The molecule has 1 N–H and O–H groups in total. The average molecular weight is 310 g/mol. The van der Waals surface area contributed by atoms with Crippen molar-refractivity contribution in [1.82, 2.24) is 9.97 Å². The predicted octanol–water partition coefficient (Wildman–Crippen LogP) is 4.46. The van der Waals surface area contributed by atoms with Gasteiger partial charge in [-0.25, -0.2) is 4.98 Å². The largest absolute Gasteiger partial charge is 0.333 e. The highest BCUT2D eigenvalue weighted by Gasteiger charge is 2.12. The molecule has 0 atom stereocenters. The Bertz CT molecular complexity index is 818. The lowest BCUT2D eigenvalue weighted by Crippen LogP contribution is -2.06. The third-order valence-corrected chi connectivity index (χ3v) is 4.72. The topological polar surface area (TPSA) is 45.8 Å². The van der Waals surface area contributed by atoms with Crippen LogP contribution < -0.4 is 0 Å². The van der Waals surface area contributed by atoms with Crippen molar-refractivity contribution < 1.29 is 4.79 Å². The second-order valence-corrected chi connectivity index (χ2v) is 6.49. The Morgan fingerprint density at radius 3 is 2.59 bits per heavy atom. The van der Waals surface area contributed by atoms with E-state index in [0.29, 0.717) is 5.75 Å². The van der Waals surface area contributed by atoms with Gasteiger partial charge in [-0.15, -0.1) is 0 Å². The first-order valence-corrected chi connectivity index (χ1v) is 8.22. The summed E-state index contributed by atoms with van der Waals surface area (Å²) in [7, 11) is 0. The fourth-order valence-corrected chi connectivity index (χ4v) is 3.24. The number of aryl methyl sites for hydroxylation is 3. The van der Waals surface area contributed by atoms with Gasteiger partial charge in [0, 0.05) is 5.56 Å². The van der Waals surface area contributed by atoms with E-state index >= 15 is 0 Å². The molecule has 0 amide bonds. The lowest BCUT2D eigenvalue weighted by Gasteiger charge is -2.08. The molecular weight excluding hydrogens is 292 g/mol. The summed E-state index contributed by atoms with van der Waals surface area (Å²) < 4.78 is 0. The third-order valence-electron chi connectivity index (χ3n) is 3.85. The van der Waals surface area contributed by atoms with Gasteiger partial charge in [0.25, 0.3) is 0 Å². The molecule has 0 unspecified atom stereocenters. The van der Waals surface area contributed by atoms with E-state index in [1.165, 1.54) is 17.3 Å². The van der Waals surface area contributed by atoms with Gasteiger partial charge in [0.15, 0.2) is 10.9 Å². The maximum atomic E-state index is 12.5. The Hall–Kier alpha value is -2.07. The lowest BCUT2D eigenvalue weighted by molar-refractivity contribution is 0.102. The van der Waals surface area contributed by atoms with Crippen molar-refractivity contribution in [2.45, 2.75) is 25.9 Å². The first-order valence-electron chi connectivity index (χ1n) is 7.23. The summed E-state index contributed by atoms with van der Waals surface area (Å²) in [6, 6.07) is 12.0. The molecule has 0 aliphatic carbocycles. The Morgan fingerprint density at radius 1 is 1.09 bits per heavy atom. The van der Waals surface area contributed by atoms with E-state index in [-0.39, 0.29) is 5.78 Å². The van der Waals surface area contributed by atoms with Gasteiger partial charge in [-0.3, -0.25) is 4.79 Å². The van der Waals surface area contributed by atoms with E-state index in [2.05, 4.69) is 23.0 Å². The second kappa shape index (κ2) is 5.97. The standard InChI is InChI=1S/C18H18N2OS/c1-11-8-13(3)14(9-12(11)2)17(21)10-22-18-19-15-6-4-5-7-16(15)20-18/h4-9H,10H2,1-3H3,(H,19,20). The van der Waals surface area contributed by atoms with Gasteiger partial charge in [0.05, 0.1) is 16.8 Å². The van der Waals surface area contributed by atoms with Gasteiger partial charge in [-0.2, -0.15) is 0 Å². The molecular formula is C18H18N2OS. The Balaban J connectivity index is 1.76. The summed E-state index contributed by atoms with van der Waals surface area (Å²) in [5, 5.41) is 0.788. The van der Waals surface area contributed by atoms with Gasteiger partial charge >= 0.3 is 0 Å². The smallest absolute Gasteiger partial charge is 0.173 e. The number of aromatic amines is 1. The maximum absolute atomic E-state index is 12.5. The molecule has 3 aromatic rings. The fourth-order valence-electron chi connectivity index (χ4n) is 2.47. The molecule has 0 saturated carbocycles. The van der Waals surface area contributed by atoms with Crippen LogP contribution in [0.4, 0.5) is 0 Å². The monoisotopic (exact) mass is 310 g/mol. The predicted molar refractivity (Wildman–Crippen MR) is 91.8 cm³/mol. The van der Waals surface area contributed by atoms with Crippen molar-refractivity contribution in [1.29, 1.82) is 0 Å². The van der Waals surface area contributed by atoms with Crippen LogP contribution >= 0.6 is 11.8 Å². The van der Waals surface area contributed by atoms with Crippen LogP contribution in [0.5, 0.6) is 0 Å². The molecule has 0 fully saturated rings. The minimum Gasteiger partial charge on any atom is -0.333 e. The first-order chi connectivity index (χ1) is 10.5. The highest BCUT2D eigenvalue weighted by Crippen LogP contribution is 2.22. The van der Waals surface area contributed by atoms with Crippen molar-refractivity contribution in [2.75, 3.05) is 5.75 Å². The quantitative estimate of drug-likeness (QED) is 0.571.